The Labute approximate surface area is 172 Å². The van der Waals surface area contributed by atoms with Gasteiger partial charge in [0, 0.05) is 12.0 Å². The molecule has 7 nitrogen and oxygen atoms in total. The van der Waals surface area contributed by atoms with Gasteiger partial charge in [-0.05, 0) is 86.3 Å². The Bertz CT molecular complexity index is 906. The van der Waals surface area contributed by atoms with E-state index in [-0.39, 0.29) is 16.9 Å². The van der Waals surface area contributed by atoms with Gasteiger partial charge in [0.05, 0.1) is 11.9 Å². The molecule has 158 valence electrons. The van der Waals surface area contributed by atoms with Crippen LogP contribution in [0.25, 0.3) is 0 Å². The molecule has 0 radical (unpaired) electrons. The molecule has 0 unspecified atom stereocenters. The Morgan fingerprint density at radius 3 is 2.17 bits per heavy atom. The van der Waals surface area contributed by atoms with Crippen molar-refractivity contribution in [2.45, 2.75) is 51.9 Å². The lowest BCUT2D eigenvalue weighted by Crippen LogP contribution is -2.50. The number of carbonyl (C=O) groups is 2. The van der Waals surface area contributed by atoms with Crippen LogP contribution in [0.2, 0.25) is 0 Å². The fourth-order valence-corrected chi connectivity index (χ4v) is 6.78. The highest BCUT2D eigenvalue weighted by Crippen LogP contribution is 2.61. The van der Waals surface area contributed by atoms with Gasteiger partial charge in [0.25, 0.3) is 5.91 Å². The summed E-state index contributed by atoms with van der Waals surface area (Å²) >= 11 is 0. The maximum absolute atomic E-state index is 12.6. The normalized spacial score (nSPS) is 30.1. The van der Waals surface area contributed by atoms with Gasteiger partial charge < -0.3 is 0 Å². The number of hydrazine groups is 1. The molecule has 8 heteroatoms. The van der Waals surface area contributed by atoms with E-state index in [2.05, 4.69) is 15.6 Å². The third-order valence-corrected chi connectivity index (χ3v) is 7.40. The molecule has 2 amide bonds. The van der Waals surface area contributed by atoms with Gasteiger partial charge in [0.2, 0.25) is 15.9 Å². The molecule has 5 rings (SSSR count). The van der Waals surface area contributed by atoms with E-state index in [1.807, 2.05) is 0 Å². The number of anilines is 1. The number of benzene rings is 1. The summed E-state index contributed by atoms with van der Waals surface area (Å²) in [6.45, 7) is 1.75. The van der Waals surface area contributed by atoms with E-state index in [0.717, 1.165) is 43.3 Å². The van der Waals surface area contributed by atoms with E-state index in [4.69, 9.17) is 0 Å². The summed E-state index contributed by atoms with van der Waals surface area (Å²) in [4.78, 5) is 25.0. The van der Waals surface area contributed by atoms with Crippen molar-refractivity contribution in [1.82, 2.24) is 10.9 Å². The highest BCUT2D eigenvalue weighted by atomic mass is 32.2. The first-order chi connectivity index (χ1) is 13.6. The van der Waals surface area contributed by atoms with Gasteiger partial charge >= 0.3 is 0 Å². The molecule has 0 spiro atoms. The minimum absolute atomic E-state index is 0.111. The van der Waals surface area contributed by atoms with Crippen LogP contribution in [0.4, 0.5) is 5.69 Å². The molecule has 4 bridgehead atoms. The number of sulfonamides is 1. The predicted molar refractivity (Wildman–Crippen MR) is 110 cm³/mol. The number of amides is 2. The Kier molecular flexibility index (Phi) is 5.09. The Morgan fingerprint density at radius 1 is 1.03 bits per heavy atom. The maximum atomic E-state index is 12.6. The van der Waals surface area contributed by atoms with Crippen molar-refractivity contribution < 1.29 is 18.0 Å². The first-order valence-corrected chi connectivity index (χ1v) is 12.2. The van der Waals surface area contributed by atoms with Crippen molar-refractivity contribution in [3.8, 4) is 0 Å². The van der Waals surface area contributed by atoms with Crippen molar-refractivity contribution in [3.63, 3.8) is 0 Å². The molecule has 0 aromatic heterocycles. The first kappa shape index (κ1) is 20.2. The van der Waals surface area contributed by atoms with E-state index in [9.17, 15) is 18.0 Å². The monoisotopic (exact) mass is 419 g/mol. The van der Waals surface area contributed by atoms with E-state index in [1.165, 1.54) is 25.3 Å². The van der Waals surface area contributed by atoms with Crippen molar-refractivity contribution in [3.05, 3.63) is 29.3 Å². The van der Waals surface area contributed by atoms with Crippen LogP contribution in [-0.2, 0) is 14.8 Å². The highest BCUT2D eigenvalue weighted by Gasteiger charge is 2.51. The van der Waals surface area contributed by atoms with Gasteiger partial charge in [-0.25, -0.2) is 8.42 Å². The molecule has 0 aliphatic heterocycles. The van der Waals surface area contributed by atoms with Crippen LogP contribution in [-0.4, -0.2) is 26.5 Å². The molecular formula is C21H29N3O4S. The Hall–Kier alpha value is -2.09. The molecule has 29 heavy (non-hydrogen) atoms. The second-order valence-corrected chi connectivity index (χ2v) is 11.2. The topological polar surface area (TPSA) is 104 Å². The van der Waals surface area contributed by atoms with Crippen molar-refractivity contribution in [2.24, 2.45) is 23.2 Å². The first-order valence-electron chi connectivity index (χ1n) is 10.3. The summed E-state index contributed by atoms with van der Waals surface area (Å²) in [7, 11) is -3.45. The smallest absolute Gasteiger partial charge is 0.269 e. The maximum Gasteiger partial charge on any atom is 0.269 e. The van der Waals surface area contributed by atoms with Crippen LogP contribution in [0, 0.1) is 30.1 Å². The molecular weight excluding hydrogens is 390 g/mol. The van der Waals surface area contributed by atoms with Crippen LogP contribution in [0.5, 0.6) is 0 Å². The summed E-state index contributed by atoms with van der Waals surface area (Å²) in [6, 6.07) is 4.74. The van der Waals surface area contributed by atoms with Gasteiger partial charge in [0.1, 0.15) is 0 Å². The number of carbonyl (C=O) groups excluding carboxylic acids is 2. The zero-order chi connectivity index (χ0) is 20.8. The summed E-state index contributed by atoms with van der Waals surface area (Å²) in [6.07, 6.45) is 8.92. The van der Waals surface area contributed by atoms with E-state index in [0.29, 0.717) is 17.7 Å². The third kappa shape index (κ3) is 4.57. The SMILES string of the molecule is Cc1ccc(C(=O)NNC(=O)CC23CC4CC(CC(C4)C2)C3)cc1NS(C)(=O)=O. The quantitative estimate of drug-likeness (QED) is 0.638. The number of hydrogen-bond donors (Lipinski definition) is 3. The predicted octanol–water partition coefficient (Wildman–Crippen LogP) is 2.73. The average Bonchev–Trinajstić information content (AvgIpc) is 2.59. The molecule has 0 atom stereocenters. The third-order valence-electron chi connectivity index (χ3n) is 6.81. The van der Waals surface area contributed by atoms with Crippen LogP contribution < -0.4 is 15.6 Å². The van der Waals surface area contributed by atoms with Crippen molar-refractivity contribution in [2.75, 3.05) is 11.0 Å². The molecule has 4 aliphatic carbocycles. The molecule has 0 saturated heterocycles. The average molecular weight is 420 g/mol. The second-order valence-electron chi connectivity index (χ2n) is 9.50. The Balaban J connectivity index is 1.35. The number of rotatable bonds is 5. The summed E-state index contributed by atoms with van der Waals surface area (Å²) in [5.41, 5.74) is 6.48. The minimum atomic E-state index is -3.45. The van der Waals surface area contributed by atoms with Gasteiger partial charge in [0.15, 0.2) is 0 Å². The van der Waals surface area contributed by atoms with Gasteiger partial charge in [-0.2, -0.15) is 0 Å². The molecule has 4 aliphatic rings. The van der Waals surface area contributed by atoms with E-state index >= 15 is 0 Å². The molecule has 4 fully saturated rings. The van der Waals surface area contributed by atoms with Crippen LogP contribution in [0.1, 0.15) is 60.9 Å². The van der Waals surface area contributed by atoms with Crippen LogP contribution in [0.15, 0.2) is 18.2 Å². The number of hydrogen-bond acceptors (Lipinski definition) is 4. The lowest BCUT2D eigenvalue weighted by molar-refractivity contribution is -0.130. The molecule has 1 aromatic rings. The highest BCUT2D eigenvalue weighted by molar-refractivity contribution is 7.92. The number of nitrogens with one attached hydrogen (secondary N) is 3. The molecule has 1 aromatic carbocycles. The van der Waals surface area contributed by atoms with E-state index < -0.39 is 15.9 Å². The standard InChI is InChI=1S/C21H29N3O4S/c1-13-3-4-17(8-18(13)24-29(2,27)28)20(26)23-22-19(25)12-21-9-14-5-15(10-21)7-16(6-14)11-21/h3-4,8,14-16,24H,5-7,9-12H2,1-2H3,(H,22,25)(H,23,26). The fraction of sp³-hybridized carbons (Fsp3) is 0.619. The lowest BCUT2D eigenvalue weighted by atomic mass is 9.49. The second kappa shape index (κ2) is 7.31. The zero-order valence-electron chi connectivity index (χ0n) is 17.0. The van der Waals surface area contributed by atoms with Gasteiger partial charge in [-0.1, -0.05) is 6.07 Å². The van der Waals surface area contributed by atoms with Crippen LogP contribution >= 0.6 is 0 Å². The number of aryl methyl sites for hydroxylation is 1. The minimum Gasteiger partial charge on any atom is -0.283 e. The summed E-state index contributed by atoms with van der Waals surface area (Å²) in [5.74, 6) is 1.70. The summed E-state index contributed by atoms with van der Waals surface area (Å²) < 4.78 is 25.4. The van der Waals surface area contributed by atoms with Crippen molar-refractivity contribution >= 4 is 27.5 Å². The summed E-state index contributed by atoms with van der Waals surface area (Å²) in [5, 5.41) is 0. The van der Waals surface area contributed by atoms with E-state index in [1.54, 1.807) is 19.1 Å². The molecule has 3 N–H and O–H groups in total. The largest absolute Gasteiger partial charge is 0.283 e. The lowest BCUT2D eigenvalue weighted by Gasteiger charge is -2.56. The van der Waals surface area contributed by atoms with Gasteiger partial charge in [-0.3, -0.25) is 25.2 Å². The Morgan fingerprint density at radius 2 is 1.62 bits per heavy atom. The van der Waals surface area contributed by atoms with Crippen molar-refractivity contribution in [1.29, 1.82) is 0 Å². The zero-order valence-corrected chi connectivity index (χ0v) is 17.8. The van der Waals surface area contributed by atoms with Crippen LogP contribution in [0.3, 0.4) is 0 Å². The molecule has 0 heterocycles. The van der Waals surface area contributed by atoms with Gasteiger partial charge in [-0.15, -0.1) is 0 Å². The fourth-order valence-electron chi connectivity index (χ4n) is 6.16. The molecule has 4 saturated carbocycles.